The maximum absolute atomic E-state index is 5.67. The summed E-state index contributed by atoms with van der Waals surface area (Å²) in [6.07, 6.45) is 0. The lowest BCUT2D eigenvalue weighted by molar-refractivity contribution is 0.0544. The Morgan fingerprint density at radius 1 is 1.00 bits per heavy atom. The van der Waals surface area contributed by atoms with Crippen molar-refractivity contribution in [2.75, 3.05) is 53.8 Å². The number of hydrogen-bond acceptors (Lipinski definition) is 5. The molecule has 0 saturated carbocycles. The predicted octanol–water partition coefficient (Wildman–Crippen LogP) is 2.23. The lowest BCUT2D eigenvalue weighted by atomic mass is 10.2. The Labute approximate surface area is 135 Å². The number of halogens is 1. The van der Waals surface area contributed by atoms with Gasteiger partial charge in [-0.2, -0.15) is 0 Å². The number of rotatable bonds is 12. The summed E-state index contributed by atoms with van der Waals surface area (Å²) in [6, 6.07) is 5.96. The summed E-state index contributed by atoms with van der Waals surface area (Å²) in [5.74, 6) is 0.845. The normalized spacial score (nSPS) is 10.8. The number of benzene rings is 1. The van der Waals surface area contributed by atoms with Gasteiger partial charge < -0.3 is 24.3 Å². The third kappa shape index (κ3) is 8.38. The van der Waals surface area contributed by atoms with Gasteiger partial charge in [0, 0.05) is 31.8 Å². The third-order valence-corrected chi connectivity index (χ3v) is 3.52. The minimum absolute atomic E-state index is 0.530. The average molecular weight is 362 g/mol. The number of ether oxygens (including phenoxy) is 4. The molecular weight excluding hydrogens is 338 g/mol. The van der Waals surface area contributed by atoms with E-state index in [0.29, 0.717) is 33.0 Å². The molecule has 0 bridgehead atoms. The van der Waals surface area contributed by atoms with Crippen molar-refractivity contribution in [3.8, 4) is 5.75 Å². The Morgan fingerprint density at radius 3 is 2.52 bits per heavy atom. The van der Waals surface area contributed by atoms with Gasteiger partial charge in [0.25, 0.3) is 0 Å². The van der Waals surface area contributed by atoms with E-state index in [1.165, 1.54) is 0 Å². The molecule has 0 unspecified atom stereocenters. The summed E-state index contributed by atoms with van der Waals surface area (Å²) >= 11 is 3.54. The molecule has 1 N–H and O–H groups in total. The molecule has 5 nitrogen and oxygen atoms in total. The van der Waals surface area contributed by atoms with Gasteiger partial charge in [-0.3, -0.25) is 0 Å². The Bertz CT molecular complexity index is 390. The van der Waals surface area contributed by atoms with Gasteiger partial charge in [0.05, 0.1) is 26.4 Å². The summed E-state index contributed by atoms with van der Waals surface area (Å²) in [5.41, 5.74) is 1.16. The van der Waals surface area contributed by atoms with E-state index in [0.717, 1.165) is 28.9 Å². The largest absolute Gasteiger partial charge is 0.491 e. The van der Waals surface area contributed by atoms with Crippen LogP contribution in [-0.4, -0.2) is 53.8 Å². The van der Waals surface area contributed by atoms with E-state index in [4.69, 9.17) is 18.9 Å². The minimum atomic E-state index is 0.530. The summed E-state index contributed by atoms with van der Waals surface area (Å²) in [7, 11) is 3.35. The van der Waals surface area contributed by atoms with E-state index in [2.05, 4.69) is 21.2 Å². The molecule has 0 aromatic heterocycles. The molecule has 0 spiro atoms. The zero-order valence-corrected chi connectivity index (χ0v) is 14.3. The molecule has 0 aliphatic rings. The van der Waals surface area contributed by atoms with Crippen molar-refractivity contribution in [1.29, 1.82) is 0 Å². The second-order valence-corrected chi connectivity index (χ2v) is 5.23. The van der Waals surface area contributed by atoms with E-state index in [1.807, 2.05) is 18.2 Å². The maximum atomic E-state index is 5.67. The first-order chi connectivity index (χ1) is 10.3. The molecule has 0 heterocycles. The number of methoxy groups -OCH3 is 2. The van der Waals surface area contributed by atoms with Crippen LogP contribution in [0, 0.1) is 0 Å². The zero-order valence-electron chi connectivity index (χ0n) is 12.7. The van der Waals surface area contributed by atoms with Crippen molar-refractivity contribution in [3.63, 3.8) is 0 Å². The highest BCUT2D eigenvalue weighted by Gasteiger charge is 2.02. The van der Waals surface area contributed by atoms with Gasteiger partial charge in [-0.25, -0.2) is 0 Å². The van der Waals surface area contributed by atoms with E-state index >= 15 is 0 Å². The van der Waals surface area contributed by atoms with Gasteiger partial charge in [0.2, 0.25) is 0 Å². The molecule has 0 atom stereocenters. The average Bonchev–Trinajstić information content (AvgIpc) is 2.50. The Morgan fingerprint density at radius 2 is 1.76 bits per heavy atom. The number of nitrogens with one attached hydrogen (secondary N) is 1. The topological polar surface area (TPSA) is 49.0 Å². The van der Waals surface area contributed by atoms with Crippen LogP contribution in [0.5, 0.6) is 5.75 Å². The van der Waals surface area contributed by atoms with Crippen LogP contribution in [0.4, 0.5) is 0 Å². The zero-order chi connectivity index (χ0) is 15.3. The third-order valence-electron chi connectivity index (χ3n) is 2.74. The quantitative estimate of drug-likeness (QED) is 0.578. The molecule has 1 aromatic rings. The molecule has 0 radical (unpaired) electrons. The second-order valence-electron chi connectivity index (χ2n) is 4.38. The minimum Gasteiger partial charge on any atom is -0.491 e. The molecule has 0 aliphatic heterocycles. The maximum Gasteiger partial charge on any atom is 0.119 e. The van der Waals surface area contributed by atoms with Gasteiger partial charge in [0.15, 0.2) is 0 Å². The fraction of sp³-hybridized carbons (Fsp3) is 0.600. The summed E-state index contributed by atoms with van der Waals surface area (Å²) < 4.78 is 22.0. The van der Waals surface area contributed by atoms with Crippen molar-refractivity contribution < 1.29 is 18.9 Å². The first-order valence-corrected chi connectivity index (χ1v) is 7.74. The standard InChI is InChI=1S/C15H24BrNO4/c1-18-6-5-17-12-13-11-14(3-4-15(13)16)21-10-9-20-8-7-19-2/h3-4,11,17H,5-10,12H2,1-2H3. The highest BCUT2D eigenvalue weighted by atomic mass is 79.9. The van der Waals surface area contributed by atoms with Gasteiger partial charge >= 0.3 is 0 Å². The van der Waals surface area contributed by atoms with Crippen molar-refractivity contribution in [1.82, 2.24) is 5.32 Å². The lowest BCUT2D eigenvalue weighted by Gasteiger charge is -2.11. The van der Waals surface area contributed by atoms with Crippen LogP contribution in [0.3, 0.4) is 0 Å². The molecule has 21 heavy (non-hydrogen) atoms. The summed E-state index contributed by atoms with van der Waals surface area (Å²) in [4.78, 5) is 0. The van der Waals surface area contributed by atoms with Crippen LogP contribution in [0.25, 0.3) is 0 Å². The van der Waals surface area contributed by atoms with Crippen molar-refractivity contribution in [2.45, 2.75) is 6.54 Å². The Hall–Kier alpha value is -0.660. The van der Waals surface area contributed by atoms with Crippen molar-refractivity contribution >= 4 is 15.9 Å². The fourth-order valence-corrected chi connectivity index (χ4v) is 2.02. The summed E-state index contributed by atoms with van der Waals surface area (Å²) in [6.45, 7) is 4.58. The van der Waals surface area contributed by atoms with Crippen LogP contribution >= 0.6 is 15.9 Å². The van der Waals surface area contributed by atoms with Crippen LogP contribution in [0.2, 0.25) is 0 Å². The van der Waals surface area contributed by atoms with Gasteiger partial charge in [-0.15, -0.1) is 0 Å². The molecule has 0 saturated heterocycles. The molecule has 0 aliphatic carbocycles. The Balaban J connectivity index is 2.31. The smallest absolute Gasteiger partial charge is 0.119 e. The molecule has 120 valence electrons. The van der Waals surface area contributed by atoms with E-state index in [-0.39, 0.29) is 0 Å². The van der Waals surface area contributed by atoms with Crippen molar-refractivity contribution in [3.05, 3.63) is 28.2 Å². The molecular formula is C15H24BrNO4. The van der Waals surface area contributed by atoms with Crippen LogP contribution in [-0.2, 0) is 20.8 Å². The first-order valence-electron chi connectivity index (χ1n) is 6.95. The van der Waals surface area contributed by atoms with Crippen LogP contribution in [0.15, 0.2) is 22.7 Å². The highest BCUT2D eigenvalue weighted by Crippen LogP contribution is 2.22. The lowest BCUT2D eigenvalue weighted by Crippen LogP contribution is -2.18. The van der Waals surface area contributed by atoms with Gasteiger partial charge in [-0.1, -0.05) is 15.9 Å². The molecule has 1 rings (SSSR count). The summed E-state index contributed by atoms with van der Waals surface area (Å²) in [5, 5.41) is 3.31. The molecule has 6 heteroatoms. The van der Waals surface area contributed by atoms with Gasteiger partial charge in [0.1, 0.15) is 12.4 Å². The van der Waals surface area contributed by atoms with E-state index in [1.54, 1.807) is 14.2 Å². The second kappa shape index (κ2) is 11.9. The first kappa shape index (κ1) is 18.4. The van der Waals surface area contributed by atoms with Crippen LogP contribution in [0.1, 0.15) is 5.56 Å². The highest BCUT2D eigenvalue weighted by molar-refractivity contribution is 9.10. The SMILES string of the molecule is COCCNCc1cc(OCCOCCOC)ccc1Br. The van der Waals surface area contributed by atoms with Crippen molar-refractivity contribution in [2.24, 2.45) is 0 Å². The van der Waals surface area contributed by atoms with Gasteiger partial charge in [-0.05, 0) is 23.8 Å². The van der Waals surface area contributed by atoms with E-state index < -0.39 is 0 Å². The fourth-order valence-electron chi connectivity index (χ4n) is 1.64. The molecule has 0 fully saturated rings. The predicted molar refractivity (Wildman–Crippen MR) is 85.9 cm³/mol. The van der Waals surface area contributed by atoms with E-state index in [9.17, 15) is 0 Å². The Kier molecular flexibility index (Phi) is 10.5. The number of hydrogen-bond donors (Lipinski definition) is 1. The monoisotopic (exact) mass is 361 g/mol. The molecule has 1 aromatic carbocycles. The molecule has 0 amide bonds. The van der Waals surface area contributed by atoms with Crippen LogP contribution < -0.4 is 10.1 Å².